The average Bonchev–Trinajstić information content (AvgIpc) is 3.04. The summed E-state index contributed by atoms with van der Waals surface area (Å²) >= 11 is 0. The van der Waals surface area contributed by atoms with Gasteiger partial charge in [0, 0.05) is 0 Å². The van der Waals surface area contributed by atoms with E-state index in [9.17, 15) is 4.79 Å². The molecular formula is C13H12N4O. The zero-order chi connectivity index (χ0) is 12.1. The number of nitrogens with one attached hydrogen (secondary N) is 1. The van der Waals surface area contributed by atoms with Crippen molar-refractivity contribution in [2.75, 3.05) is 5.01 Å². The average molecular weight is 240 g/mol. The summed E-state index contributed by atoms with van der Waals surface area (Å²) < 4.78 is 0. The fourth-order valence-electron chi connectivity index (χ4n) is 2.73. The molecule has 1 atom stereocenters. The lowest BCUT2D eigenvalue weighted by atomic mass is 10.1. The first-order chi connectivity index (χ1) is 8.83. The summed E-state index contributed by atoms with van der Waals surface area (Å²) in [5.74, 6) is 0.586. The van der Waals surface area contributed by atoms with Crippen LogP contribution in [0.25, 0.3) is 11.0 Å². The highest BCUT2D eigenvalue weighted by Gasteiger charge is 2.40. The van der Waals surface area contributed by atoms with E-state index in [2.05, 4.69) is 15.1 Å². The second-order valence-corrected chi connectivity index (χ2v) is 4.76. The molecule has 1 aromatic heterocycles. The standard InChI is InChI=1S/C13H12N4O/c18-12-8-4-3-7-9(8)16-17(12)13-14-10-5-1-2-6-11(10)15-13/h1-2,5-6,8H,3-4,7H2,(H,14,15). The predicted molar refractivity (Wildman–Crippen MR) is 68.4 cm³/mol. The number of amides is 1. The van der Waals surface area contributed by atoms with Crippen molar-refractivity contribution >= 4 is 28.6 Å². The summed E-state index contributed by atoms with van der Waals surface area (Å²) in [5.41, 5.74) is 2.80. The molecule has 0 spiro atoms. The molecule has 5 nitrogen and oxygen atoms in total. The predicted octanol–water partition coefficient (Wildman–Crippen LogP) is 2.07. The first kappa shape index (κ1) is 9.82. The van der Waals surface area contributed by atoms with Crippen LogP contribution in [0.1, 0.15) is 19.3 Å². The maximum atomic E-state index is 12.2. The molecule has 1 N–H and O–H groups in total. The van der Waals surface area contributed by atoms with E-state index in [-0.39, 0.29) is 11.8 Å². The number of aromatic amines is 1. The van der Waals surface area contributed by atoms with Gasteiger partial charge in [0.2, 0.25) is 5.95 Å². The monoisotopic (exact) mass is 240 g/mol. The van der Waals surface area contributed by atoms with Crippen molar-refractivity contribution in [1.82, 2.24) is 9.97 Å². The number of carbonyl (C=O) groups is 1. The topological polar surface area (TPSA) is 61.4 Å². The number of rotatable bonds is 1. The smallest absolute Gasteiger partial charge is 0.258 e. The molecule has 0 saturated heterocycles. The van der Waals surface area contributed by atoms with Crippen LogP contribution >= 0.6 is 0 Å². The van der Waals surface area contributed by atoms with Gasteiger partial charge in [-0.05, 0) is 31.4 Å². The van der Waals surface area contributed by atoms with Crippen molar-refractivity contribution in [2.45, 2.75) is 19.3 Å². The quantitative estimate of drug-likeness (QED) is 0.829. The van der Waals surface area contributed by atoms with Gasteiger partial charge in [-0.25, -0.2) is 4.98 Å². The van der Waals surface area contributed by atoms with Crippen LogP contribution in [0.15, 0.2) is 29.4 Å². The fraction of sp³-hybridized carbons (Fsp3) is 0.308. The molecule has 1 amide bonds. The molecule has 1 saturated carbocycles. The summed E-state index contributed by atoms with van der Waals surface area (Å²) in [6.07, 6.45) is 2.94. The maximum Gasteiger partial charge on any atom is 0.258 e. The summed E-state index contributed by atoms with van der Waals surface area (Å²) in [5, 5.41) is 5.83. The number of carbonyl (C=O) groups excluding carboxylic acids is 1. The Hall–Kier alpha value is -2.17. The molecule has 90 valence electrons. The molecule has 1 aromatic carbocycles. The number of para-hydroxylation sites is 2. The Labute approximate surface area is 104 Å². The molecule has 1 unspecified atom stereocenters. The second kappa shape index (κ2) is 3.41. The largest absolute Gasteiger partial charge is 0.322 e. The molecule has 4 rings (SSSR count). The van der Waals surface area contributed by atoms with E-state index in [1.54, 1.807) is 0 Å². The molecule has 5 heteroatoms. The zero-order valence-corrected chi connectivity index (χ0v) is 9.76. The highest BCUT2D eigenvalue weighted by Crippen LogP contribution is 2.32. The summed E-state index contributed by atoms with van der Waals surface area (Å²) in [6.45, 7) is 0. The Morgan fingerprint density at radius 2 is 2.22 bits per heavy atom. The summed E-state index contributed by atoms with van der Waals surface area (Å²) in [4.78, 5) is 19.8. The van der Waals surface area contributed by atoms with Crippen molar-refractivity contribution in [3.05, 3.63) is 24.3 Å². The van der Waals surface area contributed by atoms with Crippen molar-refractivity contribution in [3.8, 4) is 0 Å². The SMILES string of the molecule is O=C1C2CCCC2=NN1c1nc2ccccc2[nH]1. The third kappa shape index (κ3) is 1.24. The van der Waals surface area contributed by atoms with Crippen LogP contribution in [-0.2, 0) is 4.79 Å². The van der Waals surface area contributed by atoms with Crippen LogP contribution in [0.3, 0.4) is 0 Å². The van der Waals surface area contributed by atoms with Gasteiger partial charge >= 0.3 is 0 Å². The normalized spacial score (nSPS) is 22.7. The van der Waals surface area contributed by atoms with Crippen LogP contribution < -0.4 is 5.01 Å². The van der Waals surface area contributed by atoms with Crippen LogP contribution in [0.5, 0.6) is 0 Å². The number of nitrogens with zero attached hydrogens (tertiary/aromatic N) is 3. The highest BCUT2D eigenvalue weighted by atomic mass is 16.2. The molecule has 2 aromatic rings. The molecule has 18 heavy (non-hydrogen) atoms. The van der Waals surface area contributed by atoms with Gasteiger partial charge in [-0.15, -0.1) is 0 Å². The fourth-order valence-corrected chi connectivity index (χ4v) is 2.73. The molecule has 2 heterocycles. The van der Waals surface area contributed by atoms with Gasteiger partial charge in [0.05, 0.1) is 22.7 Å². The lowest BCUT2D eigenvalue weighted by molar-refractivity contribution is -0.119. The molecular weight excluding hydrogens is 228 g/mol. The van der Waals surface area contributed by atoms with Crippen molar-refractivity contribution in [2.24, 2.45) is 11.0 Å². The van der Waals surface area contributed by atoms with Gasteiger partial charge in [-0.3, -0.25) is 4.79 Å². The van der Waals surface area contributed by atoms with Gasteiger partial charge in [0.1, 0.15) is 0 Å². The third-order valence-electron chi connectivity index (χ3n) is 3.64. The number of fused-ring (bicyclic) bond motifs is 2. The van der Waals surface area contributed by atoms with Gasteiger partial charge in [0.25, 0.3) is 5.91 Å². The number of hydrazone groups is 1. The second-order valence-electron chi connectivity index (χ2n) is 4.76. The first-order valence-corrected chi connectivity index (χ1v) is 6.19. The van der Waals surface area contributed by atoms with Crippen LogP contribution in [0, 0.1) is 5.92 Å². The minimum Gasteiger partial charge on any atom is -0.322 e. The number of hydrogen-bond donors (Lipinski definition) is 1. The Kier molecular flexibility index (Phi) is 1.86. The van der Waals surface area contributed by atoms with Gasteiger partial charge in [0.15, 0.2) is 0 Å². The van der Waals surface area contributed by atoms with Crippen LogP contribution in [-0.4, -0.2) is 21.6 Å². The van der Waals surface area contributed by atoms with Crippen molar-refractivity contribution < 1.29 is 4.79 Å². The van der Waals surface area contributed by atoms with E-state index >= 15 is 0 Å². The summed E-state index contributed by atoms with van der Waals surface area (Å²) in [6, 6.07) is 7.74. The van der Waals surface area contributed by atoms with E-state index in [1.165, 1.54) is 5.01 Å². The lowest BCUT2D eigenvalue weighted by Crippen LogP contribution is -2.26. The van der Waals surface area contributed by atoms with Crippen molar-refractivity contribution in [1.29, 1.82) is 0 Å². The minimum atomic E-state index is -0.00166. The van der Waals surface area contributed by atoms with Gasteiger partial charge in [-0.2, -0.15) is 10.1 Å². The Balaban J connectivity index is 1.79. The molecule has 0 bridgehead atoms. The highest BCUT2D eigenvalue weighted by molar-refractivity contribution is 6.16. The molecule has 2 aliphatic rings. The molecule has 1 aliphatic carbocycles. The Morgan fingerprint density at radius 1 is 1.33 bits per heavy atom. The van der Waals surface area contributed by atoms with Gasteiger partial charge < -0.3 is 4.98 Å². The lowest BCUT2D eigenvalue weighted by Gasteiger charge is -2.09. The van der Waals surface area contributed by atoms with Crippen LogP contribution in [0.4, 0.5) is 5.95 Å². The zero-order valence-electron chi connectivity index (χ0n) is 9.76. The van der Waals surface area contributed by atoms with E-state index in [0.717, 1.165) is 36.0 Å². The number of hydrogen-bond acceptors (Lipinski definition) is 3. The number of benzene rings is 1. The summed E-state index contributed by atoms with van der Waals surface area (Å²) in [7, 11) is 0. The molecule has 0 radical (unpaired) electrons. The van der Waals surface area contributed by atoms with Crippen LogP contribution in [0.2, 0.25) is 0 Å². The third-order valence-corrected chi connectivity index (χ3v) is 3.64. The maximum absolute atomic E-state index is 12.2. The molecule has 1 fully saturated rings. The van der Waals surface area contributed by atoms with Gasteiger partial charge in [-0.1, -0.05) is 12.1 Å². The molecule has 1 aliphatic heterocycles. The first-order valence-electron chi connectivity index (χ1n) is 6.19. The minimum absolute atomic E-state index is 0.00166. The number of imidazole rings is 1. The van der Waals surface area contributed by atoms with E-state index in [1.807, 2.05) is 24.3 Å². The Bertz CT molecular complexity index is 639. The van der Waals surface area contributed by atoms with Crippen molar-refractivity contribution in [3.63, 3.8) is 0 Å². The van der Waals surface area contributed by atoms with E-state index < -0.39 is 0 Å². The van der Waals surface area contributed by atoms with E-state index in [0.29, 0.717) is 5.95 Å². The Morgan fingerprint density at radius 3 is 3.06 bits per heavy atom. The van der Waals surface area contributed by atoms with E-state index in [4.69, 9.17) is 0 Å². The number of H-pyrrole nitrogens is 1. The number of aromatic nitrogens is 2. The number of anilines is 1.